The number of hydrogen-bond acceptors (Lipinski definition) is 5. The molecule has 19 heavy (non-hydrogen) atoms. The second-order valence-corrected chi connectivity index (χ2v) is 4.65. The average Bonchev–Trinajstić information content (AvgIpc) is 2.25. The van der Waals surface area contributed by atoms with Gasteiger partial charge < -0.3 is 5.73 Å². The minimum Gasteiger partial charge on any atom is -0.368 e. The number of nitrogens with two attached hydrogens (primary N) is 1. The lowest BCUT2D eigenvalue weighted by molar-refractivity contribution is -0.385. The van der Waals surface area contributed by atoms with Gasteiger partial charge in [0.05, 0.1) is 4.92 Å². The summed E-state index contributed by atoms with van der Waals surface area (Å²) < 4.78 is 0. The number of rotatable bonds is 2. The molecule has 6 nitrogen and oxygen atoms in total. The van der Waals surface area contributed by atoms with Crippen LogP contribution in [0.15, 0.2) is 18.2 Å². The van der Waals surface area contributed by atoms with Crippen molar-refractivity contribution in [1.29, 1.82) is 0 Å². The minimum absolute atomic E-state index is 0.0470. The molecule has 0 unspecified atom stereocenters. The number of nitro groups is 1. The van der Waals surface area contributed by atoms with Crippen LogP contribution in [0.4, 0.5) is 11.6 Å². The molecular formula is C11H8Cl2N4O2. The summed E-state index contributed by atoms with van der Waals surface area (Å²) in [6, 6.07) is 4.58. The molecule has 0 atom stereocenters. The molecule has 0 amide bonds. The zero-order valence-electron chi connectivity index (χ0n) is 9.72. The molecule has 1 aromatic carbocycles. The zero-order chi connectivity index (χ0) is 14.2. The number of aryl methyl sites for hydroxylation is 1. The minimum atomic E-state index is -0.557. The predicted octanol–water partition coefficient (Wildman–Crippen LogP) is 3.25. The van der Waals surface area contributed by atoms with Crippen LogP contribution in [0, 0.1) is 17.0 Å². The average molecular weight is 299 g/mol. The summed E-state index contributed by atoms with van der Waals surface area (Å²) in [5.74, 6) is -0.0470. The van der Waals surface area contributed by atoms with Gasteiger partial charge in [-0.3, -0.25) is 10.1 Å². The monoisotopic (exact) mass is 298 g/mol. The van der Waals surface area contributed by atoms with Crippen molar-refractivity contribution in [3.8, 4) is 11.3 Å². The Morgan fingerprint density at radius 2 is 1.79 bits per heavy atom. The lowest BCUT2D eigenvalue weighted by Gasteiger charge is -2.06. The quantitative estimate of drug-likeness (QED) is 0.678. The van der Waals surface area contributed by atoms with E-state index in [0.717, 1.165) is 0 Å². The number of nitrogen functional groups attached to an aromatic ring is 1. The fraction of sp³-hybridized carbons (Fsp3) is 0.0909. The van der Waals surface area contributed by atoms with E-state index in [1.807, 2.05) is 0 Å². The fourth-order valence-electron chi connectivity index (χ4n) is 1.70. The van der Waals surface area contributed by atoms with E-state index in [4.69, 9.17) is 28.9 Å². The van der Waals surface area contributed by atoms with Crippen LogP contribution in [0.5, 0.6) is 0 Å². The van der Waals surface area contributed by atoms with Gasteiger partial charge in [-0.15, -0.1) is 0 Å². The standard InChI is InChI=1S/C11H8Cl2N4O2/c1-5-10(17(18)19)9(16-11(14)15-5)6-2-7(12)4-8(13)3-6/h2-4H,1H3,(H2,14,15,16). The van der Waals surface area contributed by atoms with Crippen molar-refractivity contribution in [3.05, 3.63) is 44.1 Å². The number of anilines is 1. The third-order valence-electron chi connectivity index (χ3n) is 2.39. The molecule has 98 valence electrons. The van der Waals surface area contributed by atoms with Crippen molar-refractivity contribution in [2.45, 2.75) is 6.92 Å². The van der Waals surface area contributed by atoms with Gasteiger partial charge in [-0.05, 0) is 25.1 Å². The molecule has 0 aliphatic carbocycles. The van der Waals surface area contributed by atoms with Crippen LogP contribution in [-0.4, -0.2) is 14.9 Å². The second-order valence-electron chi connectivity index (χ2n) is 3.78. The van der Waals surface area contributed by atoms with Crippen LogP contribution < -0.4 is 5.73 Å². The fourth-order valence-corrected chi connectivity index (χ4v) is 2.23. The number of halogens is 2. The molecule has 2 aromatic rings. The molecule has 0 aliphatic heterocycles. The van der Waals surface area contributed by atoms with Crippen LogP contribution in [0.25, 0.3) is 11.3 Å². The van der Waals surface area contributed by atoms with Gasteiger partial charge in [-0.2, -0.15) is 0 Å². The maximum absolute atomic E-state index is 11.1. The summed E-state index contributed by atoms with van der Waals surface area (Å²) in [7, 11) is 0. The van der Waals surface area contributed by atoms with Crippen LogP contribution in [0.1, 0.15) is 5.69 Å². The van der Waals surface area contributed by atoms with Crippen molar-refractivity contribution in [2.24, 2.45) is 0 Å². The molecule has 0 spiro atoms. The Morgan fingerprint density at radius 3 is 2.32 bits per heavy atom. The van der Waals surface area contributed by atoms with Gasteiger partial charge in [0, 0.05) is 15.6 Å². The van der Waals surface area contributed by atoms with Gasteiger partial charge in [0.2, 0.25) is 5.95 Å². The van der Waals surface area contributed by atoms with Gasteiger partial charge in [0.15, 0.2) is 5.69 Å². The maximum Gasteiger partial charge on any atom is 0.316 e. The molecule has 0 bridgehead atoms. The van der Waals surface area contributed by atoms with Gasteiger partial charge in [0.25, 0.3) is 0 Å². The van der Waals surface area contributed by atoms with Crippen molar-refractivity contribution in [1.82, 2.24) is 9.97 Å². The van der Waals surface area contributed by atoms with E-state index in [-0.39, 0.29) is 23.0 Å². The first-order valence-corrected chi connectivity index (χ1v) is 5.89. The Labute approximate surface area is 118 Å². The summed E-state index contributed by atoms with van der Waals surface area (Å²) >= 11 is 11.8. The molecular weight excluding hydrogens is 291 g/mol. The summed E-state index contributed by atoms with van der Waals surface area (Å²) in [6.45, 7) is 1.49. The van der Waals surface area contributed by atoms with E-state index in [9.17, 15) is 10.1 Å². The Morgan fingerprint density at radius 1 is 1.21 bits per heavy atom. The molecule has 2 N–H and O–H groups in total. The first kappa shape index (κ1) is 13.5. The van der Waals surface area contributed by atoms with Crippen LogP contribution in [0.2, 0.25) is 10.0 Å². The second kappa shape index (κ2) is 4.99. The van der Waals surface area contributed by atoms with Crippen LogP contribution >= 0.6 is 23.2 Å². The summed E-state index contributed by atoms with van der Waals surface area (Å²) in [5, 5.41) is 11.8. The largest absolute Gasteiger partial charge is 0.368 e. The summed E-state index contributed by atoms with van der Waals surface area (Å²) in [6.07, 6.45) is 0. The highest BCUT2D eigenvalue weighted by atomic mass is 35.5. The van der Waals surface area contributed by atoms with Crippen LogP contribution in [0.3, 0.4) is 0 Å². The first-order chi connectivity index (χ1) is 8.88. The highest BCUT2D eigenvalue weighted by Gasteiger charge is 2.23. The first-order valence-electron chi connectivity index (χ1n) is 5.13. The van der Waals surface area contributed by atoms with Crippen molar-refractivity contribution < 1.29 is 4.92 Å². The van der Waals surface area contributed by atoms with E-state index >= 15 is 0 Å². The molecule has 1 aromatic heterocycles. The topological polar surface area (TPSA) is 94.9 Å². The maximum atomic E-state index is 11.1. The van der Waals surface area contributed by atoms with E-state index in [1.54, 1.807) is 0 Å². The lowest BCUT2D eigenvalue weighted by Crippen LogP contribution is -2.04. The van der Waals surface area contributed by atoms with E-state index < -0.39 is 4.92 Å². The molecule has 0 aliphatic rings. The SMILES string of the molecule is Cc1nc(N)nc(-c2cc(Cl)cc(Cl)c2)c1[N+](=O)[O-]. The van der Waals surface area contributed by atoms with E-state index in [1.165, 1.54) is 25.1 Å². The Kier molecular flexibility index (Phi) is 3.55. The van der Waals surface area contributed by atoms with Crippen molar-refractivity contribution in [3.63, 3.8) is 0 Å². The molecule has 8 heteroatoms. The summed E-state index contributed by atoms with van der Waals surface area (Å²) in [5.41, 5.74) is 6.01. The van der Waals surface area contributed by atoms with E-state index in [0.29, 0.717) is 15.6 Å². The molecule has 0 saturated carbocycles. The molecule has 0 fully saturated rings. The lowest BCUT2D eigenvalue weighted by atomic mass is 10.1. The number of aromatic nitrogens is 2. The number of nitrogens with zero attached hydrogens (tertiary/aromatic N) is 3. The van der Waals surface area contributed by atoms with Gasteiger partial charge in [0.1, 0.15) is 5.69 Å². The van der Waals surface area contributed by atoms with Crippen LogP contribution in [-0.2, 0) is 0 Å². The third-order valence-corrected chi connectivity index (χ3v) is 2.83. The smallest absolute Gasteiger partial charge is 0.316 e. The zero-order valence-corrected chi connectivity index (χ0v) is 11.2. The molecule has 1 heterocycles. The van der Waals surface area contributed by atoms with Crippen molar-refractivity contribution in [2.75, 3.05) is 5.73 Å². The number of hydrogen-bond donors (Lipinski definition) is 1. The van der Waals surface area contributed by atoms with E-state index in [2.05, 4.69) is 9.97 Å². The Hall–Kier alpha value is -1.92. The Bertz CT molecular complexity index is 656. The van der Waals surface area contributed by atoms with Gasteiger partial charge >= 0.3 is 5.69 Å². The van der Waals surface area contributed by atoms with Gasteiger partial charge in [-0.1, -0.05) is 23.2 Å². The highest BCUT2D eigenvalue weighted by molar-refractivity contribution is 6.35. The van der Waals surface area contributed by atoms with Crippen molar-refractivity contribution >= 4 is 34.8 Å². The third kappa shape index (κ3) is 2.74. The highest BCUT2D eigenvalue weighted by Crippen LogP contribution is 2.33. The molecule has 0 saturated heterocycles. The summed E-state index contributed by atoms with van der Waals surface area (Å²) in [4.78, 5) is 18.3. The molecule has 2 rings (SSSR count). The number of benzene rings is 1. The molecule has 0 radical (unpaired) electrons. The Balaban J connectivity index is 2.77. The normalized spacial score (nSPS) is 10.5. The van der Waals surface area contributed by atoms with Gasteiger partial charge in [-0.25, -0.2) is 9.97 Å². The predicted molar refractivity (Wildman–Crippen MR) is 73.3 cm³/mol.